The summed E-state index contributed by atoms with van der Waals surface area (Å²) >= 11 is 0. The van der Waals surface area contributed by atoms with Crippen LogP contribution in [0, 0.1) is 11.3 Å². The molecule has 2 nitrogen and oxygen atoms in total. The van der Waals surface area contributed by atoms with Crippen molar-refractivity contribution in [3.8, 4) is 6.07 Å². The van der Waals surface area contributed by atoms with Gasteiger partial charge < -0.3 is 5.73 Å². The van der Waals surface area contributed by atoms with Crippen LogP contribution in [0.5, 0.6) is 0 Å². The van der Waals surface area contributed by atoms with Crippen molar-refractivity contribution in [1.29, 1.82) is 5.26 Å². The van der Waals surface area contributed by atoms with Gasteiger partial charge in [0.2, 0.25) is 0 Å². The van der Waals surface area contributed by atoms with E-state index in [0.29, 0.717) is 12.0 Å². The first-order chi connectivity index (χ1) is 7.61. The maximum Gasteiger partial charge on any atom is 0.0994 e. The summed E-state index contributed by atoms with van der Waals surface area (Å²) in [6, 6.07) is 8.51. The van der Waals surface area contributed by atoms with E-state index in [0.717, 1.165) is 35.1 Å². The molecule has 0 amide bonds. The molecule has 0 bridgehead atoms. The van der Waals surface area contributed by atoms with Gasteiger partial charge >= 0.3 is 0 Å². The molecule has 16 heavy (non-hydrogen) atoms. The topological polar surface area (TPSA) is 49.8 Å². The zero-order valence-corrected chi connectivity index (χ0v) is 9.53. The van der Waals surface area contributed by atoms with Gasteiger partial charge in [0, 0.05) is 6.04 Å². The molecular weight excluding hydrogens is 196 g/mol. The van der Waals surface area contributed by atoms with Crippen LogP contribution in [-0.2, 0) is 0 Å². The minimum absolute atomic E-state index is 0.310. The van der Waals surface area contributed by atoms with Crippen molar-refractivity contribution in [2.45, 2.75) is 31.7 Å². The summed E-state index contributed by atoms with van der Waals surface area (Å²) in [5, 5.41) is 9.08. The lowest BCUT2D eigenvalue weighted by molar-refractivity contribution is 0.351. The van der Waals surface area contributed by atoms with E-state index in [2.05, 4.69) is 18.7 Å². The third-order valence-electron chi connectivity index (χ3n) is 3.28. The highest BCUT2D eigenvalue weighted by atomic mass is 14.7. The van der Waals surface area contributed by atoms with Crippen LogP contribution in [0.4, 0.5) is 0 Å². The molecule has 1 fully saturated rings. The van der Waals surface area contributed by atoms with Gasteiger partial charge in [-0.3, -0.25) is 0 Å². The van der Waals surface area contributed by atoms with Gasteiger partial charge in [0.05, 0.1) is 11.6 Å². The molecule has 2 N–H and O–H groups in total. The third-order valence-corrected chi connectivity index (χ3v) is 3.28. The van der Waals surface area contributed by atoms with Crippen LogP contribution in [-0.4, -0.2) is 6.04 Å². The van der Waals surface area contributed by atoms with E-state index in [4.69, 9.17) is 11.0 Å². The Morgan fingerprint density at radius 2 is 2.19 bits per heavy atom. The highest BCUT2D eigenvalue weighted by molar-refractivity contribution is 5.63. The molecule has 0 aliphatic heterocycles. The summed E-state index contributed by atoms with van der Waals surface area (Å²) in [5.74, 6) is 0.462. The van der Waals surface area contributed by atoms with E-state index in [1.807, 2.05) is 19.1 Å². The fraction of sp³-hybridized carbons (Fsp3) is 0.357. The van der Waals surface area contributed by atoms with E-state index in [1.54, 1.807) is 0 Å². The average molecular weight is 212 g/mol. The van der Waals surface area contributed by atoms with Gasteiger partial charge in [-0.1, -0.05) is 18.2 Å². The first-order valence-corrected chi connectivity index (χ1v) is 5.57. The van der Waals surface area contributed by atoms with Gasteiger partial charge in [-0.05, 0) is 48.9 Å². The Kier molecular flexibility index (Phi) is 2.80. The molecule has 1 aliphatic rings. The molecule has 0 heterocycles. The normalized spacial score (nSPS) is 23.3. The number of hydrogen-bond donors (Lipinski definition) is 1. The molecule has 0 saturated heterocycles. The number of allylic oxidation sites excluding steroid dienone is 1. The molecule has 1 aromatic rings. The minimum Gasteiger partial charge on any atom is -0.328 e. The van der Waals surface area contributed by atoms with Crippen molar-refractivity contribution in [1.82, 2.24) is 0 Å². The number of nitrogens with two attached hydrogens (primary N) is 1. The van der Waals surface area contributed by atoms with Gasteiger partial charge in [0.15, 0.2) is 0 Å². The quantitative estimate of drug-likeness (QED) is 0.819. The zero-order chi connectivity index (χ0) is 11.7. The zero-order valence-electron chi connectivity index (χ0n) is 9.53. The highest BCUT2D eigenvalue weighted by Crippen LogP contribution is 2.38. The minimum atomic E-state index is 0.310. The Morgan fingerprint density at radius 3 is 2.69 bits per heavy atom. The maximum atomic E-state index is 9.08. The van der Waals surface area contributed by atoms with Crippen LogP contribution in [0.2, 0.25) is 0 Å². The van der Waals surface area contributed by atoms with Crippen LogP contribution in [0.3, 0.4) is 0 Å². The summed E-state index contributed by atoms with van der Waals surface area (Å²) in [6.45, 7) is 5.92. The standard InChI is InChI=1S/C14H16N2/c1-9(2)10-3-4-11(8-15)14(7-10)12-5-13(16)6-12/h3-4,7,12-13H,1,5-6,16H2,2H3. The summed E-state index contributed by atoms with van der Waals surface area (Å²) < 4.78 is 0. The Bertz CT molecular complexity index is 462. The smallest absolute Gasteiger partial charge is 0.0994 e. The van der Waals surface area contributed by atoms with Crippen molar-refractivity contribution >= 4 is 5.57 Å². The van der Waals surface area contributed by atoms with Crippen molar-refractivity contribution in [2.24, 2.45) is 5.73 Å². The van der Waals surface area contributed by atoms with E-state index in [1.165, 1.54) is 0 Å². The van der Waals surface area contributed by atoms with Crippen LogP contribution < -0.4 is 5.73 Å². The third kappa shape index (κ3) is 1.87. The molecule has 2 rings (SSSR count). The van der Waals surface area contributed by atoms with Crippen molar-refractivity contribution in [2.75, 3.05) is 0 Å². The maximum absolute atomic E-state index is 9.08. The van der Waals surface area contributed by atoms with E-state index in [-0.39, 0.29) is 0 Å². The number of nitriles is 1. The lowest BCUT2D eigenvalue weighted by atomic mass is 9.74. The summed E-state index contributed by atoms with van der Waals surface area (Å²) in [6.07, 6.45) is 1.99. The summed E-state index contributed by atoms with van der Waals surface area (Å²) in [5.41, 5.74) is 9.87. The lowest BCUT2D eigenvalue weighted by Crippen LogP contribution is -2.35. The van der Waals surface area contributed by atoms with E-state index in [9.17, 15) is 0 Å². The number of benzene rings is 1. The predicted octanol–water partition coefficient (Wildman–Crippen LogP) is 2.80. The number of rotatable bonds is 2. The van der Waals surface area contributed by atoms with Crippen LogP contribution >= 0.6 is 0 Å². The van der Waals surface area contributed by atoms with Gasteiger partial charge in [-0.2, -0.15) is 5.26 Å². The predicted molar refractivity (Wildman–Crippen MR) is 65.8 cm³/mol. The molecule has 2 heteroatoms. The van der Waals surface area contributed by atoms with Crippen LogP contribution in [0.1, 0.15) is 42.4 Å². The Balaban J connectivity index is 2.37. The molecule has 0 spiro atoms. The molecule has 1 aliphatic carbocycles. The van der Waals surface area contributed by atoms with Gasteiger partial charge in [-0.15, -0.1) is 0 Å². The molecule has 1 aromatic carbocycles. The molecule has 82 valence electrons. The first kappa shape index (κ1) is 10.9. The van der Waals surface area contributed by atoms with Crippen molar-refractivity contribution in [3.05, 3.63) is 41.5 Å². The van der Waals surface area contributed by atoms with E-state index < -0.39 is 0 Å². The van der Waals surface area contributed by atoms with Gasteiger partial charge in [-0.25, -0.2) is 0 Å². The Hall–Kier alpha value is -1.59. The van der Waals surface area contributed by atoms with Crippen molar-refractivity contribution < 1.29 is 0 Å². The second-order valence-corrected chi connectivity index (χ2v) is 4.62. The number of nitrogens with zero attached hydrogens (tertiary/aromatic N) is 1. The Labute approximate surface area is 96.4 Å². The van der Waals surface area contributed by atoms with E-state index >= 15 is 0 Å². The second-order valence-electron chi connectivity index (χ2n) is 4.62. The fourth-order valence-corrected chi connectivity index (χ4v) is 2.18. The SMILES string of the molecule is C=C(C)c1ccc(C#N)c(C2CC(N)C2)c1. The summed E-state index contributed by atoms with van der Waals surface area (Å²) in [7, 11) is 0. The van der Waals surface area contributed by atoms with Crippen molar-refractivity contribution in [3.63, 3.8) is 0 Å². The van der Waals surface area contributed by atoms with Crippen LogP contribution in [0.15, 0.2) is 24.8 Å². The lowest BCUT2D eigenvalue weighted by Gasteiger charge is -2.33. The number of hydrogen-bond acceptors (Lipinski definition) is 2. The Morgan fingerprint density at radius 1 is 1.50 bits per heavy atom. The molecule has 0 radical (unpaired) electrons. The molecular formula is C14H16N2. The first-order valence-electron chi connectivity index (χ1n) is 5.57. The molecule has 0 aromatic heterocycles. The van der Waals surface area contributed by atoms with Gasteiger partial charge in [0.25, 0.3) is 0 Å². The molecule has 1 saturated carbocycles. The van der Waals surface area contributed by atoms with Gasteiger partial charge in [0.1, 0.15) is 0 Å². The fourth-order valence-electron chi connectivity index (χ4n) is 2.18. The largest absolute Gasteiger partial charge is 0.328 e. The van der Waals surface area contributed by atoms with Crippen LogP contribution in [0.25, 0.3) is 5.57 Å². The second kappa shape index (κ2) is 4.11. The average Bonchev–Trinajstić information content (AvgIpc) is 2.24. The molecule has 0 unspecified atom stereocenters. The monoisotopic (exact) mass is 212 g/mol. The highest BCUT2D eigenvalue weighted by Gasteiger charge is 2.29. The molecule has 0 atom stereocenters. The summed E-state index contributed by atoms with van der Waals surface area (Å²) in [4.78, 5) is 0.